The van der Waals surface area contributed by atoms with Gasteiger partial charge >= 0.3 is 0 Å². The normalized spacial score (nSPS) is 23.0. The van der Waals surface area contributed by atoms with Gasteiger partial charge in [-0.3, -0.25) is 4.79 Å². The zero-order chi connectivity index (χ0) is 15.4. The van der Waals surface area contributed by atoms with E-state index in [9.17, 15) is 4.79 Å². The third-order valence-corrected chi connectivity index (χ3v) is 5.36. The van der Waals surface area contributed by atoms with Crippen LogP contribution in [0.3, 0.4) is 0 Å². The van der Waals surface area contributed by atoms with Crippen LogP contribution in [0.1, 0.15) is 18.0 Å². The summed E-state index contributed by atoms with van der Waals surface area (Å²) in [6.07, 6.45) is 3.16. The van der Waals surface area contributed by atoms with E-state index in [4.69, 9.17) is 0 Å². The zero-order valence-corrected chi connectivity index (χ0v) is 12.9. The lowest BCUT2D eigenvalue weighted by molar-refractivity contribution is 0.258. The monoisotopic (exact) mass is 305 g/mol. The minimum atomic E-state index is 0.142. The van der Waals surface area contributed by atoms with E-state index in [1.54, 1.807) is 6.07 Å². The van der Waals surface area contributed by atoms with Crippen LogP contribution >= 0.6 is 0 Å². The highest BCUT2D eigenvalue weighted by molar-refractivity contribution is 5.85. The van der Waals surface area contributed by atoms with Gasteiger partial charge in [-0.25, -0.2) is 0 Å². The first-order valence-electron chi connectivity index (χ1n) is 8.31. The molecule has 23 heavy (non-hydrogen) atoms. The predicted octanol–water partition coefficient (Wildman–Crippen LogP) is 2.70. The van der Waals surface area contributed by atoms with Crippen molar-refractivity contribution in [2.24, 2.45) is 5.92 Å². The highest BCUT2D eigenvalue weighted by Crippen LogP contribution is 2.38. The Kier molecular flexibility index (Phi) is 2.76. The number of fused-ring (bicyclic) bond motifs is 5. The molecule has 2 aliphatic heterocycles. The Labute approximate surface area is 134 Å². The fraction of sp³-hybridized carbons (Fsp3) is 0.316. The van der Waals surface area contributed by atoms with Crippen LogP contribution in [0.5, 0.6) is 0 Å². The Hall–Kier alpha value is -2.33. The topological polar surface area (TPSA) is 49.8 Å². The Morgan fingerprint density at radius 2 is 2.04 bits per heavy atom. The lowest BCUT2D eigenvalue weighted by atomic mass is 9.81. The lowest BCUT2D eigenvalue weighted by Crippen LogP contribution is -2.45. The average Bonchev–Trinajstić information content (AvgIpc) is 3.04. The van der Waals surface area contributed by atoms with E-state index in [2.05, 4.69) is 34.6 Å². The van der Waals surface area contributed by atoms with Crippen molar-refractivity contribution in [3.8, 4) is 11.1 Å². The van der Waals surface area contributed by atoms with E-state index >= 15 is 0 Å². The molecule has 5 rings (SSSR count). The fourth-order valence-corrected chi connectivity index (χ4v) is 4.32. The van der Waals surface area contributed by atoms with Crippen LogP contribution in [0.4, 0.5) is 0 Å². The molecule has 4 nitrogen and oxygen atoms in total. The molecule has 1 fully saturated rings. The van der Waals surface area contributed by atoms with Gasteiger partial charge in [0.1, 0.15) is 0 Å². The molecule has 1 aromatic carbocycles. The molecule has 2 aromatic heterocycles. The van der Waals surface area contributed by atoms with Crippen molar-refractivity contribution in [3.05, 3.63) is 58.6 Å². The summed E-state index contributed by atoms with van der Waals surface area (Å²) in [5.74, 6) is 1.02. The van der Waals surface area contributed by atoms with E-state index in [0.29, 0.717) is 11.8 Å². The fourth-order valence-electron chi connectivity index (χ4n) is 4.32. The van der Waals surface area contributed by atoms with E-state index in [1.807, 2.05) is 16.8 Å². The Morgan fingerprint density at radius 3 is 3.00 bits per heavy atom. The van der Waals surface area contributed by atoms with Gasteiger partial charge in [-0.2, -0.15) is 0 Å². The van der Waals surface area contributed by atoms with Crippen LogP contribution in [0.15, 0.2) is 47.4 Å². The van der Waals surface area contributed by atoms with Crippen LogP contribution in [0.25, 0.3) is 22.0 Å². The molecule has 4 heterocycles. The largest absolute Gasteiger partial charge is 0.361 e. The Bertz CT molecular complexity index is 953. The summed E-state index contributed by atoms with van der Waals surface area (Å²) in [7, 11) is 0. The molecule has 0 saturated carbocycles. The van der Waals surface area contributed by atoms with Crippen LogP contribution < -0.4 is 10.9 Å². The van der Waals surface area contributed by atoms with E-state index in [-0.39, 0.29) is 5.56 Å². The van der Waals surface area contributed by atoms with Crippen molar-refractivity contribution in [1.29, 1.82) is 0 Å². The van der Waals surface area contributed by atoms with Crippen molar-refractivity contribution >= 4 is 10.9 Å². The molecule has 3 aromatic rings. The number of piperidine rings is 1. The summed E-state index contributed by atoms with van der Waals surface area (Å²) >= 11 is 0. The smallest absolute Gasteiger partial charge is 0.250 e. The second kappa shape index (κ2) is 4.83. The first-order valence-corrected chi connectivity index (χ1v) is 8.31. The molecule has 2 bridgehead atoms. The number of benzene rings is 1. The number of nitrogens with one attached hydrogen (secondary N) is 2. The zero-order valence-electron chi connectivity index (χ0n) is 12.9. The van der Waals surface area contributed by atoms with Gasteiger partial charge < -0.3 is 14.9 Å². The molecule has 2 aliphatic rings. The molecular formula is C19H19N3O. The predicted molar refractivity (Wildman–Crippen MR) is 91.7 cm³/mol. The number of nitrogens with zero attached hydrogens (tertiary/aromatic N) is 1. The highest BCUT2D eigenvalue weighted by atomic mass is 16.1. The number of aromatic nitrogens is 2. The molecule has 2 atom stereocenters. The Morgan fingerprint density at radius 1 is 1.09 bits per heavy atom. The lowest BCUT2D eigenvalue weighted by Gasteiger charge is -2.38. The van der Waals surface area contributed by atoms with Gasteiger partial charge in [0.05, 0.1) is 0 Å². The average molecular weight is 305 g/mol. The molecule has 0 radical (unpaired) electrons. The quantitative estimate of drug-likeness (QED) is 0.726. The SMILES string of the molecule is O=c1ccc(-c2ccc3[nH]ccc3c2)c2n1CC1CNCC2C1. The van der Waals surface area contributed by atoms with Crippen LogP contribution in [0, 0.1) is 5.92 Å². The molecular weight excluding hydrogens is 286 g/mol. The molecule has 2 unspecified atom stereocenters. The summed E-state index contributed by atoms with van der Waals surface area (Å²) < 4.78 is 2.02. The second-order valence-electron chi connectivity index (χ2n) is 6.82. The first kappa shape index (κ1) is 13.1. The Balaban J connectivity index is 1.74. The molecule has 0 aliphatic carbocycles. The summed E-state index contributed by atoms with van der Waals surface area (Å²) in [6, 6.07) is 12.3. The van der Waals surface area contributed by atoms with E-state index in [1.165, 1.54) is 28.6 Å². The number of aromatic amines is 1. The van der Waals surface area contributed by atoms with Crippen molar-refractivity contribution < 1.29 is 0 Å². The number of hydrogen-bond donors (Lipinski definition) is 2. The van der Waals surface area contributed by atoms with Gasteiger partial charge in [0.2, 0.25) is 0 Å². The van der Waals surface area contributed by atoms with Crippen LogP contribution in [-0.4, -0.2) is 22.6 Å². The highest BCUT2D eigenvalue weighted by Gasteiger charge is 2.32. The maximum absolute atomic E-state index is 12.4. The van der Waals surface area contributed by atoms with E-state index < -0.39 is 0 Å². The van der Waals surface area contributed by atoms with Gasteiger partial charge in [0.25, 0.3) is 5.56 Å². The van der Waals surface area contributed by atoms with Crippen molar-refractivity contribution in [2.45, 2.75) is 18.9 Å². The third kappa shape index (κ3) is 1.98. The number of H-pyrrole nitrogens is 1. The minimum absolute atomic E-state index is 0.142. The van der Waals surface area contributed by atoms with Crippen LogP contribution in [-0.2, 0) is 6.54 Å². The van der Waals surface area contributed by atoms with Crippen molar-refractivity contribution in [2.75, 3.05) is 13.1 Å². The third-order valence-electron chi connectivity index (χ3n) is 5.36. The maximum atomic E-state index is 12.4. The number of rotatable bonds is 1. The molecule has 0 amide bonds. The first-order chi connectivity index (χ1) is 11.3. The molecule has 2 N–H and O–H groups in total. The number of hydrogen-bond acceptors (Lipinski definition) is 2. The van der Waals surface area contributed by atoms with Gasteiger partial charge in [-0.05, 0) is 54.1 Å². The van der Waals surface area contributed by atoms with E-state index in [0.717, 1.165) is 25.2 Å². The summed E-state index contributed by atoms with van der Waals surface area (Å²) in [5.41, 5.74) is 4.92. The van der Waals surface area contributed by atoms with Gasteiger partial charge in [0, 0.05) is 48.0 Å². The maximum Gasteiger partial charge on any atom is 0.250 e. The van der Waals surface area contributed by atoms with Gasteiger partial charge in [0.15, 0.2) is 0 Å². The van der Waals surface area contributed by atoms with Gasteiger partial charge in [-0.15, -0.1) is 0 Å². The summed E-state index contributed by atoms with van der Waals surface area (Å²) in [5, 5.41) is 4.74. The number of pyridine rings is 1. The summed E-state index contributed by atoms with van der Waals surface area (Å²) in [4.78, 5) is 15.6. The molecule has 0 spiro atoms. The van der Waals surface area contributed by atoms with Crippen molar-refractivity contribution in [1.82, 2.24) is 14.9 Å². The summed E-state index contributed by atoms with van der Waals surface area (Å²) in [6.45, 7) is 2.85. The molecule has 1 saturated heterocycles. The van der Waals surface area contributed by atoms with Gasteiger partial charge in [-0.1, -0.05) is 6.07 Å². The second-order valence-corrected chi connectivity index (χ2v) is 6.82. The minimum Gasteiger partial charge on any atom is -0.361 e. The van der Waals surface area contributed by atoms with Crippen molar-refractivity contribution in [3.63, 3.8) is 0 Å². The standard InChI is InChI=1S/C19H19N3O/c23-18-4-2-16(13-1-3-17-14(8-13)5-6-21-17)19-15-7-12(9-20-10-15)11-22(18)19/h1-6,8,12,15,20-21H,7,9-11H2. The molecule has 116 valence electrons. The molecule has 4 heteroatoms. The van der Waals surface area contributed by atoms with Crippen LogP contribution in [0.2, 0.25) is 0 Å².